The van der Waals surface area contributed by atoms with Gasteiger partial charge in [-0.1, -0.05) is 68.8 Å². The summed E-state index contributed by atoms with van der Waals surface area (Å²) in [5.74, 6) is -0.397. The second kappa shape index (κ2) is 10.2. The van der Waals surface area contributed by atoms with Crippen LogP contribution in [0.3, 0.4) is 0 Å². The number of nitrogens with zero attached hydrogens (tertiary/aromatic N) is 1. The van der Waals surface area contributed by atoms with Gasteiger partial charge in [-0.3, -0.25) is 9.10 Å². The van der Waals surface area contributed by atoms with Crippen LogP contribution in [0.5, 0.6) is 0 Å². The highest BCUT2D eigenvalue weighted by Gasteiger charge is 2.28. The maximum absolute atomic E-state index is 13.5. The Kier molecular flexibility index (Phi) is 7.74. The fraction of sp³-hybridized carbons (Fsp3) is 0.296. The molecule has 180 valence electrons. The second-order valence-corrected chi connectivity index (χ2v) is 11.8. The summed E-state index contributed by atoms with van der Waals surface area (Å²) >= 11 is 5.94. The third kappa shape index (κ3) is 6.19. The van der Waals surface area contributed by atoms with Gasteiger partial charge in [-0.2, -0.15) is 0 Å². The minimum absolute atomic E-state index is 0.0371. The van der Waals surface area contributed by atoms with E-state index < -0.39 is 15.9 Å². The summed E-state index contributed by atoms with van der Waals surface area (Å²) in [6, 6.07) is 20.8. The lowest BCUT2D eigenvalue weighted by molar-refractivity contribution is -0.120. The van der Waals surface area contributed by atoms with Gasteiger partial charge in [0.1, 0.15) is 6.54 Å². The van der Waals surface area contributed by atoms with Crippen molar-refractivity contribution in [2.75, 3.05) is 10.8 Å². The molecule has 0 saturated heterocycles. The number of amides is 1. The van der Waals surface area contributed by atoms with E-state index in [2.05, 4.69) is 38.2 Å². The van der Waals surface area contributed by atoms with Crippen LogP contribution in [0.25, 0.3) is 0 Å². The van der Waals surface area contributed by atoms with E-state index in [-0.39, 0.29) is 22.9 Å². The Morgan fingerprint density at radius 2 is 1.62 bits per heavy atom. The topological polar surface area (TPSA) is 66.5 Å². The van der Waals surface area contributed by atoms with E-state index in [9.17, 15) is 13.2 Å². The lowest BCUT2D eigenvalue weighted by atomic mass is 9.86. The zero-order valence-electron chi connectivity index (χ0n) is 20.2. The highest BCUT2D eigenvalue weighted by atomic mass is 35.5. The molecule has 3 aromatic carbocycles. The van der Waals surface area contributed by atoms with Crippen LogP contribution < -0.4 is 9.62 Å². The molecule has 0 aliphatic heterocycles. The first-order valence-electron chi connectivity index (χ1n) is 11.1. The molecule has 34 heavy (non-hydrogen) atoms. The summed E-state index contributed by atoms with van der Waals surface area (Å²) in [6.45, 7) is 9.85. The molecule has 5 nitrogen and oxygen atoms in total. The molecule has 0 aliphatic carbocycles. The maximum Gasteiger partial charge on any atom is 0.264 e. The van der Waals surface area contributed by atoms with Crippen molar-refractivity contribution < 1.29 is 13.2 Å². The number of hydrogen-bond acceptors (Lipinski definition) is 3. The van der Waals surface area contributed by atoms with Gasteiger partial charge in [-0.15, -0.1) is 0 Å². The SMILES string of the molecule is Cc1cccc(N(CC(=O)NC(C)c2ccc(C(C)(C)C)cc2)S(=O)(=O)c2ccc(Cl)cc2)c1. The number of carbonyl (C=O) groups is 1. The van der Waals surface area contributed by atoms with Gasteiger partial charge in [-0.25, -0.2) is 8.42 Å². The predicted molar refractivity (Wildman–Crippen MR) is 139 cm³/mol. The van der Waals surface area contributed by atoms with Gasteiger partial charge in [-0.05, 0) is 72.4 Å². The van der Waals surface area contributed by atoms with E-state index in [1.54, 1.807) is 18.2 Å². The molecule has 1 atom stereocenters. The largest absolute Gasteiger partial charge is 0.348 e. The molecule has 0 saturated carbocycles. The Morgan fingerprint density at radius 1 is 1.00 bits per heavy atom. The number of benzene rings is 3. The van der Waals surface area contributed by atoms with E-state index in [4.69, 9.17) is 11.6 Å². The van der Waals surface area contributed by atoms with Gasteiger partial charge in [0.15, 0.2) is 0 Å². The summed E-state index contributed by atoms with van der Waals surface area (Å²) in [5, 5.41) is 3.37. The van der Waals surface area contributed by atoms with E-state index in [1.165, 1.54) is 29.8 Å². The fourth-order valence-corrected chi connectivity index (χ4v) is 5.14. The summed E-state index contributed by atoms with van der Waals surface area (Å²) in [7, 11) is -3.99. The van der Waals surface area contributed by atoms with Gasteiger partial charge in [0.05, 0.1) is 16.6 Å². The van der Waals surface area contributed by atoms with Crippen LogP contribution in [0.1, 0.15) is 50.4 Å². The van der Waals surface area contributed by atoms with Gasteiger partial charge in [0, 0.05) is 5.02 Å². The van der Waals surface area contributed by atoms with E-state index >= 15 is 0 Å². The summed E-state index contributed by atoms with van der Waals surface area (Å²) in [6.07, 6.45) is 0. The standard InChI is InChI=1S/C27H31ClN2O3S/c1-19-7-6-8-24(17-19)30(34(32,33)25-15-13-23(28)14-16-25)18-26(31)29-20(2)21-9-11-22(12-10-21)27(3,4)5/h6-17,20H,18H2,1-5H3,(H,29,31). The van der Waals surface area contributed by atoms with E-state index in [1.807, 2.05) is 32.0 Å². The van der Waals surface area contributed by atoms with Crippen molar-refractivity contribution in [2.24, 2.45) is 0 Å². The van der Waals surface area contributed by atoms with Crippen LogP contribution >= 0.6 is 11.6 Å². The van der Waals surface area contributed by atoms with Crippen LogP contribution in [0.2, 0.25) is 5.02 Å². The number of nitrogens with one attached hydrogen (secondary N) is 1. The lowest BCUT2D eigenvalue weighted by Gasteiger charge is -2.25. The smallest absolute Gasteiger partial charge is 0.264 e. The summed E-state index contributed by atoms with van der Waals surface area (Å²) < 4.78 is 28.1. The Morgan fingerprint density at radius 3 is 2.18 bits per heavy atom. The first-order chi connectivity index (χ1) is 15.9. The van der Waals surface area contributed by atoms with Gasteiger partial charge in [0.25, 0.3) is 10.0 Å². The molecule has 0 radical (unpaired) electrons. The number of halogens is 1. The third-order valence-electron chi connectivity index (χ3n) is 5.63. The molecule has 0 spiro atoms. The molecular formula is C27H31ClN2O3S. The average Bonchev–Trinajstić information content (AvgIpc) is 2.77. The van der Waals surface area contributed by atoms with Crippen LogP contribution in [0.15, 0.2) is 77.7 Å². The van der Waals surface area contributed by atoms with E-state index in [0.29, 0.717) is 10.7 Å². The Balaban J connectivity index is 1.85. The van der Waals surface area contributed by atoms with Crippen molar-refractivity contribution in [3.8, 4) is 0 Å². The average molecular weight is 499 g/mol. The molecule has 0 heterocycles. The van der Waals surface area contributed by atoms with Gasteiger partial charge in [0.2, 0.25) is 5.91 Å². The number of carbonyl (C=O) groups excluding carboxylic acids is 1. The van der Waals surface area contributed by atoms with Gasteiger partial charge >= 0.3 is 0 Å². The molecule has 3 rings (SSSR count). The van der Waals surface area contributed by atoms with Crippen LogP contribution in [0.4, 0.5) is 5.69 Å². The Labute approximate surface area is 207 Å². The van der Waals surface area contributed by atoms with Crippen LogP contribution in [-0.4, -0.2) is 20.9 Å². The normalized spacial score (nSPS) is 12.8. The van der Waals surface area contributed by atoms with Gasteiger partial charge < -0.3 is 5.32 Å². The van der Waals surface area contributed by atoms with E-state index in [0.717, 1.165) is 15.4 Å². The predicted octanol–water partition coefficient (Wildman–Crippen LogP) is 6.02. The highest BCUT2D eigenvalue weighted by molar-refractivity contribution is 7.92. The summed E-state index contributed by atoms with van der Waals surface area (Å²) in [5.41, 5.74) is 3.50. The molecule has 3 aromatic rings. The zero-order chi connectivity index (χ0) is 25.1. The molecule has 1 unspecified atom stereocenters. The number of sulfonamides is 1. The molecule has 0 aromatic heterocycles. The fourth-order valence-electron chi connectivity index (χ4n) is 3.60. The van der Waals surface area contributed by atoms with Crippen molar-refractivity contribution in [1.82, 2.24) is 5.32 Å². The van der Waals surface area contributed by atoms with Crippen LogP contribution in [0, 0.1) is 6.92 Å². The molecule has 1 N–H and O–H groups in total. The minimum Gasteiger partial charge on any atom is -0.348 e. The highest BCUT2D eigenvalue weighted by Crippen LogP contribution is 2.26. The molecule has 0 fully saturated rings. The molecule has 7 heteroatoms. The maximum atomic E-state index is 13.5. The van der Waals surface area contributed by atoms with Crippen molar-refractivity contribution in [3.05, 3.63) is 94.5 Å². The monoisotopic (exact) mass is 498 g/mol. The molecule has 0 aliphatic rings. The molecule has 1 amide bonds. The molecule has 0 bridgehead atoms. The first-order valence-corrected chi connectivity index (χ1v) is 12.9. The lowest BCUT2D eigenvalue weighted by Crippen LogP contribution is -2.41. The quantitative estimate of drug-likeness (QED) is 0.433. The van der Waals surface area contributed by atoms with Crippen molar-refractivity contribution in [3.63, 3.8) is 0 Å². The van der Waals surface area contributed by atoms with Crippen molar-refractivity contribution in [1.29, 1.82) is 0 Å². The van der Waals surface area contributed by atoms with Crippen molar-refractivity contribution in [2.45, 2.75) is 51.0 Å². The first kappa shape index (κ1) is 25.8. The summed E-state index contributed by atoms with van der Waals surface area (Å²) in [4.78, 5) is 13.1. The van der Waals surface area contributed by atoms with Crippen molar-refractivity contribution >= 4 is 33.2 Å². The second-order valence-electron chi connectivity index (χ2n) is 9.47. The number of anilines is 1. The minimum atomic E-state index is -3.99. The molecular weight excluding hydrogens is 468 g/mol. The van der Waals surface area contributed by atoms with Crippen LogP contribution in [-0.2, 0) is 20.2 Å². The Hall–Kier alpha value is -2.83. The third-order valence-corrected chi connectivity index (χ3v) is 7.67. The number of hydrogen-bond donors (Lipinski definition) is 1. The zero-order valence-corrected chi connectivity index (χ0v) is 21.7. The Bertz CT molecular complexity index is 1250. The number of rotatable bonds is 7. The number of aryl methyl sites for hydroxylation is 1.